The molecule has 4 N–H and O–H groups in total. The number of hydrogen-bond acceptors (Lipinski definition) is 3. The van der Waals surface area contributed by atoms with E-state index >= 15 is 0 Å². The number of nitrogens with zero attached hydrogens (tertiary/aromatic N) is 2. The van der Waals surface area contributed by atoms with Gasteiger partial charge < -0.3 is 20.9 Å². The molecule has 0 unspecified atom stereocenters. The standard InChI is InChI=1S/C19H27N5O2/c20-18(25)14-23-11-7-16(8-12-23)22-19(26)21-9-3-10-24-13-6-15-4-1-2-5-17(15)24/h1-2,4-6,13,16H,3,7-12,14H2,(H2,20,25)(H2,21,22,26). The summed E-state index contributed by atoms with van der Waals surface area (Å²) in [5, 5.41) is 7.19. The van der Waals surface area contributed by atoms with Gasteiger partial charge in [-0.05, 0) is 36.8 Å². The Morgan fingerprint density at radius 2 is 1.92 bits per heavy atom. The summed E-state index contributed by atoms with van der Waals surface area (Å²) in [5.41, 5.74) is 6.43. The summed E-state index contributed by atoms with van der Waals surface area (Å²) >= 11 is 0. The Bertz CT molecular complexity index is 749. The molecule has 2 heterocycles. The lowest BCUT2D eigenvalue weighted by Gasteiger charge is -2.31. The van der Waals surface area contributed by atoms with Crippen LogP contribution in [0.5, 0.6) is 0 Å². The van der Waals surface area contributed by atoms with Gasteiger partial charge in [0.15, 0.2) is 0 Å². The first-order valence-corrected chi connectivity index (χ1v) is 9.21. The number of hydrogen-bond donors (Lipinski definition) is 3. The summed E-state index contributed by atoms with van der Waals surface area (Å²) in [4.78, 5) is 25.0. The van der Waals surface area contributed by atoms with Crippen molar-refractivity contribution >= 4 is 22.8 Å². The molecule has 7 heteroatoms. The number of benzene rings is 1. The minimum absolute atomic E-state index is 0.115. The molecule has 3 rings (SSSR count). The largest absolute Gasteiger partial charge is 0.369 e. The molecular formula is C19H27N5O2. The van der Waals surface area contributed by atoms with E-state index in [4.69, 9.17) is 5.73 Å². The van der Waals surface area contributed by atoms with Crippen LogP contribution in [-0.4, -0.2) is 53.6 Å². The lowest BCUT2D eigenvalue weighted by atomic mass is 10.1. The number of carbonyl (C=O) groups excluding carboxylic acids is 2. The van der Waals surface area contributed by atoms with Crippen molar-refractivity contribution in [3.8, 4) is 0 Å². The zero-order chi connectivity index (χ0) is 18.4. The molecule has 2 aromatic rings. The SMILES string of the molecule is NC(=O)CN1CCC(NC(=O)NCCCn2ccc3ccccc32)CC1. The highest BCUT2D eigenvalue weighted by molar-refractivity contribution is 5.80. The molecule has 1 aromatic heterocycles. The monoisotopic (exact) mass is 357 g/mol. The number of para-hydroxylation sites is 1. The molecule has 140 valence electrons. The highest BCUT2D eigenvalue weighted by Gasteiger charge is 2.21. The number of carbonyl (C=O) groups is 2. The molecule has 0 spiro atoms. The van der Waals surface area contributed by atoms with Crippen molar-refractivity contribution in [1.29, 1.82) is 0 Å². The molecule has 0 atom stereocenters. The van der Waals surface area contributed by atoms with Crippen molar-refractivity contribution in [3.63, 3.8) is 0 Å². The first-order chi connectivity index (χ1) is 12.6. The van der Waals surface area contributed by atoms with Gasteiger partial charge in [0, 0.05) is 43.9 Å². The van der Waals surface area contributed by atoms with Crippen molar-refractivity contribution in [1.82, 2.24) is 20.1 Å². The molecule has 0 bridgehead atoms. The van der Waals surface area contributed by atoms with Gasteiger partial charge in [0.1, 0.15) is 0 Å². The number of amides is 3. The number of fused-ring (bicyclic) bond motifs is 1. The fourth-order valence-corrected chi connectivity index (χ4v) is 3.48. The topological polar surface area (TPSA) is 92.4 Å². The highest BCUT2D eigenvalue weighted by atomic mass is 16.2. The van der Waals surface area contributed by atoms with Gasteiger partial charge in [-0.2, -0.15) is 0 Å². The fourth-order valence-electron chi connectivity index (χ4n) is 3.48. The summed E-state index contributed by atoms with van der Waals surface area (Å²) in [6, 6.07) is 10.5. The average Bonchev–Trinajstić information content (AvgIpc) is 3.03. The summed E-state index contributed by atoms with van der Waals surface area (Å²) in [6.07, 6.45) is 4.65. The third kappa shape index (κ3) is 4.98. The summed E-state index contributed by atoms with van der Waals surface area (Å²) in [7, 11) is 0. The second kappa shape index (κ2) is 8.71. The highest BCUT2D eigenvalue weighted by Crippen LogP contribution is 2.15. The number of primary amides is 1. The molecule has 1 fully saturated rings. The summed E-state index contributed by atoms with van der Waals surface area (Å²) in [6.45, 7) is 3.38. The van der Waals surface area contributed by atoms with Gasteiger partial charge in [-0.15, -0.1) is 0 Å². The lowest BCUT2D eigenvalue weighted by molar-refractivity contribution is -0.119. The minimum atomic E-state index is -0.301. The molecule has 0 saturated carbocycles. The van der Waals surface area contributed by atoms with Crippen molar-refractivity contribution in [2.75, 3.05) is 26.2 Å². The van der Waals surface area contributed by atoms with Crippen molar-refractivity contribution in [3.05, 3.63) is 36.5 Å². The van der Waals surface area contributed by atoms with Crippen molar-refractivity contribution in [2.45, 2.75) is 31.8 Å². The van der Waals surface area contributed by atoms with Gasteiger partial charge in [0.2, 0.25) is 5.91 Å². The quantitative estimate of drug-likeness (QED) is 0.652. The number of piperidine rings is 1. The van der Waals surface area contributed by atoms with Crippen LogP contribution < -0.4 is 16.4 Å². The van der Waals surface area contributed by atoms with Crippen LogP contribution in [0.4, 0.5) is 4.79 Å². The molecule has 1 aliphatic rings. The van der Waals surface area contributed by atoms with Crippen LogP contribution in [0.25, 0.3) is 10.9 Å². The maximum atomic E-state index is 12.0. The Balaban J connectivity index is 1.33. The molecule has 26 heavy (non-hydrogen) atoms. The summed E-state index contributed by atoms with van der Waals surface area (Å²) in [5.74, 6) is -0.301. The average molecular weight is 357 g/mol. The van der Waals surface area contributed by atoms with Crippen LogP contribution >= 0.6 is 0 Å². The number of nitrogens with one attached hydrogen (secondary N) is 2. The molecule has 1 aliphatic heterocycles. The number of aryl methyl sites for hydroxylation is 1. The predicted octanol–water partition coefficient (Wildman–Crippen LogP) is 1.28. The first-order valence-electron chi connectivity index (χ1n) is 9.21. The number of nitrogens with two attached hydrogens (primary N) is 1. The van der Waals surface area contributed by atoms with Gasteiger partial charge in [-0.3, -0.25) is 9.69 Å². The molecule has 7 nitrogen and oxygen atoms in total. The maximum Gasteiger partial charge on any atom is 0.315 e. The third-order valence-corrected chi connectivity index (χ3v) is 4.84. The second-order valence-corrected chi connectivity index (χ2v) is 6.84. The molecule has 0 aliphatic carbocycles. The Labute approximate surface area is 153 Å². The zero-order valence-electron chi connectivity index (χ0n) is 15.0. The van der Waals surface area contributed by atoms with E-state index in [9.17, 15) is 9.59 Å². The lowest BCUT2D eigenvalue weighted by Crippen LogP contribution is -2.49. The smallest absolute Gasteiger partial charge is 0.315 e. The van der Waals surface area contributed by atoms with Gasteiger partial charge in [-0.25, -0.2) is 4.79 Å². The zero-order valence-corrected chi connectivity index (χ0v) is 15.0. The van der Waals surface area contributed by atoms with E-state index in [1.54, 1.807) is 0 Å². The summed E-state index contributed by atoms with van der Waals surface area (Å²) < 4.78 is 2.21. The molecule has 3 amide bonds. The Morgan fingerprint density at radius 1 is 1.15 bits per heavy atom. The van der Waals surface area contributed by atoms with Crippen molar-refractivity contribution in [2.24, 2.45) is 5.73 Å². The molecule has 0 radical (unpaired) electrons. The number of likely N-dealkylation sites (tertiary alicyclic amines) is 1. The first kappa shape index (κ1) is 18.3. The van der Waals surface area contributed by atoms with Crippen LogP contribution in [-0.2, 0) is 11.3 Å². The van der Waals surface area contributed by atoms with Gasteiger partial charge in [0.05, 0.1) is 6.54 Å². The van der Waals surface area contributed by atoms with Crippen LogP contribution in [0.3, 0.4) is 0 Å². The van der Waals surface area contributed by atoms with E-state index in [0.717, 1.165) is 38.9 Å². The Morgan fingerprint density at radius 3 is 2.69 bits per heavy atom. The number of aromatic nitrogens is 1. The molecular weight excluding hydrogens is 330 g/mol. The van der Waals surface area contributed by atoms with E-state index < -0.39 is 0 Å². The van der Waals surface area contributed by atoms with E-state index in [1.807, 2.05) is 17.0 Å². The van der Waals surface area contributed by atoms with E-state index in [2.05, 4.69) is 39.6 Å². The van der Waals surface area contributed by atoms with Gasteiger partial charge in [-0.1, -0.05) is 18.2 Å². The normalized spacial score (nSPS) is 15.8. The maximum absolute atomic E-state index is 12.0. The minimum Gasteiger partial charge on any atom is -0.369 e. The van der Waals surface area contributed by atoms with E-state index in [1.165, 1.54) is 10.9 Å². The Kier molecular flexibility index (Phi) is 6.12. The Hall–Kier alpha value is -2.54. The van der Waals surface area contributed by atoms with Crippen molar-refractivity contribution < 1.29 is 9.59 Å². The van der Waals surface area contributed by atoms with E-state index in [-0.39, 0.29) is 18.0 Å². The second-order valence-electron chi connectivity index (χ2n) is 6.84. The van der Waals surface area contributed by atoms with E-state index in [0.29, 0.717) is 13.1 Å². The van der Waals surface area contributed by atoms with Crippen LogP contribution in [0.15, 0.2) is 36.5 Å². The van der Waals surface area contributed by atoms with Crippen LogP contribution in [0.2, 0.25) is 0 Å². The van der Waals surface area contributed by atoms with Crippen LogP contribution in [0, 0.1) is 0 Å². The number of rotatable bonds is 7. The predicted molar refractivity (Wildman–Crippen MR) is 102 cm³/mol. The molecule has 1 saturated heterocycles. The van der Waals surface area contributed by atoms with Crippen LogP contribution in [0.1, 0.15) is 19.3 Å². The van der Waals surface area contributed by atoms with Gasteiger partial charge >= 0.3 is 6.03 Å². The molecule has 1 aromatic carbocycles. The van der Waals surface area contributed by atoms with Gasteiger partial charge in [0.25, 0.3) is 0 Å². The fraction of sp³-hybridized carbons (Fsp3) is 0.474. The number of urea groups is 1. The third-order valence-electron chi connectivity index (χ3n) is 4.84.